The summed E-state index contributed by atoms with van der Waals surface area (Å²) in [4.78, 5) is 35.7. The number of cyclic esters (lactones) is 1. The molecule has 49 heavy (non-hydrogen) atoms. The summed E-state index contributed by atoms with van der Waals surface area (Å²) in [5.74, 6) is 0.362. The minimum absolute atomic E-state index is 0.248. The number of nitrogens with zero attached hydrogens (tertiary/aromatic N) is 4. The van der Waals surface area contributed by atoms with Crippen LogP contribution in [0.15, 0.2) is 42.7 Å². The molecular formula is C36H42ClF3N4O5. The maximum atomic E-state index is 13.5. The van der Waals surface area contributed by atoms with Gasteiger partial charge >= 0.3 is 12.3 Å². The lowest BCUT2D eigenvalue weighted by Crippen LogP contribution is -2.45. The Kier molecular flexibility index (Phi) is 11.2. The van der Waals surface area contributed by atoms with Crippen LogP contribution in [0.5, 0.6) is 0 Å². The molecule has 1 aromatic carbocycles. The first-order valence-corrected chi connectivity index (χ1v) is 16.8. The minimum atomic E-state index is -4.48. The van der Waals surface area contributed by atoms with E-state index in [0.717, 1.165) is 66.9 Å². The number of carbonyl (C=O) groups excluding carboxylic acids is 2. The second-order valence-electron chi connectivity index (χ2n) is 12.9. The largest absolute Gasteiger partial charge is 0.439 e. The van der Waals surface area contributed by atoms with Gasteiger partial charge in [0.1, 0.15) is 17.1 Å². The molecule has 2 aromatic heterocycles. The van der Waals surface area contributed by atoms with Gasteiger partial charge in [0, 0.05) is 43.4 Å². The van der Waals surface area contributed by atoms with Gasteiger partial charge in [-0.1, -0.05) is 23.2 Å². The van der Waals surface area contributed by atoms with Crippen LogP contribution in [0.2, 0.25) is 5.15 Å². The molecule has 9 nitrogen and oxygen atoms in total. The molecule has 3 fully saturated rings. The molecule has 2 aliphatic heterocycles. The van der Waals surface area contributed by atoms with Crippen molar-refractivity contribution in [3.05, 3.63) is 86.8 Å². The summed E-state index contributed by atoms with van der Waals surface area (Å²) in [6.45, 7) is 11.6. The van der Waals surface area contributed by atoms with Crippen molar-refractivity contribution in [2.45, 2.75) is 97.0 Å². The first kappa shape index (κ1) is 36.5. The number of alkyl halides is 3. The summed E-state index contributed by atoms with van der Waals surface area (Å²) < 4.78 is 57.8. The number of rotatable bonds is 7. The van der Waals surface area contributed by atoms with Crippen LogP contribution in [0, 0.1) is 20.8 Å². The molecule has 1 amide bonds. The van der Waals surface area contributed by atoms with Crippen LogP contribution in [0.3, 0.4) is 0 Å². The smallest absolute Gasteiger partial charge is 0.416 e. The predicted octanol–water partition coefficient (Wildman–Crippen LogP) is 8.17. The zero-order valence-corrected chi connectivity index (χ0v) is 29.1. The number of aryl methyl sites for hydroxylation is 3. The Morgan fingerprint density at radius 2 is 1.65 bits per heavy atom. The van der Waals surface area contributed by atoms with Crippen LogP contribution in [-0.4, -0.2) is 64.9 Å². The van der Waals surface area contributed by atoms with E-state index in [1.807, 2.05) is 33.0 Å². The number of hydrogen-bond acceptors (Lipinski definition) is 8. The number of anilines is 1. The fraction of sp³-hybridized carbons (Fsp3) is 0.500. The lowest BCUT2D eigenvalue weighted by molar-refractivity contribution is -0.178. The highest BCUT2D eigenvalue weighted by Crippen LogP contribution is 2.41. The molecule has 1 spiro atoms. The van der Waals surface area contributed by atoms with Gasteiger partial charge in [-0.3, -0.25) is 9.69 Å². The molecule has 1 saturated carbocycles. The second kappa shape index (κ2) is 15.0. The van der Waals surface area contributed by atoms with Gasteiger partial charge in [-0.15, -0.1) is 0 Å². The fourth-order valence-electron chi connectivity index (χ4n) is 6.86. The standard InChI is InChI=1S/C29H36F3N3O4.C7H6ClNO/c1-5-34(24-6-8-28(9-7-24)37-10-11-38-28)26-22(13-19(3)16-33-26)17-35-20(4)25(39-27(35)36)21-12-18(2)14-23(15-21)29(30,31)32;1-5-2-6(4-10)7(8)9-3-5/h12-16,20,24-25H,5-11,17H2,1-4H3;2-4H,1H3/t20-,25-;/m0./s1. The number of ether oxygens (including phenoxy) is 3. The maximum absolute atomic E-state index is 13.5. The van der Waals surface area contributed by atoms with Gasteiger partial charge in [0.25, 0.3) is 0 Å². The SMILES string of the molecule is CCN(c1ncc(C)cc1CN1C(=O)O[C@H](c2cc(C)cc(C(F)(F)F)c2)[C@@H]1C)C1CCC2(CC1)OCCO2.Cc1cnc(Cl)c(C=O)c1. The van der Waals surface area contributed by atoms with Crippen LogP contribution < -0.4 is 4.90 Å². The molecule has 264 valence electrons. The minimum Gasteiger partial charge on any atom is -0.439 e. The van der Waals surface area contributed by atoms with E-state index >= 15 is 0 Å². The average molecular weight is 703 g/mol. The molecule has 2 saturated heterocycles. The number of amides is 1. The zero-order chi connectivity index (χ0) is 35.5. The Balaban J connectivity index is 0.000000402. The van der Waals surface area contributed by atoms with E-state index in [-0.39, 0.29) is 17.7 Å². The molecule has 0 radical (unpaired) electrons. The highest BCUT2D eigenvalue weighted by molar-refractivity contribution is 6.31. The van der Waals surface area contributed by atoms with Gasteiger partial charge in [0.05, 0.1) is 36.9 Å². The van der Waals surface area contributed by atoms with E-state index < -0.39 is 35.8 Å². The van der Waals surface area contributed by atoms with Crippen LogP contribution in [0.25, 0.3) is 0 Å². The summed E-state index contributed by atoms with van der Waals surface area (Å²) in [5.41, 5.74) is 3.29. The molecule has 6 rings (SSSR count). The Bertz CT molecular complexity index is 1660. The molecule has 3 aromatic rings. The number of hydrogen-bond donors (Lipinski definition) is 0. The summed E-state index contributed by atoms with van der Waals surface area (Å²) >= 11 is 5.55. The van der Waals surface area contributed by atoms with Crippen LogP contribution >= 0.6 is 11.6 Å². The molecule has 0 bridgehead atoms. The van der Waals surface area contributed by atoms with Crippen LogP contribution in [-0.2, 0) is 26.9 Å². The monoisotopic (exact) mass is 702 g/mol. The Morgan fingerprint density at radius 1 is 1.00 bits per heavy atom. The molecular weight excluding hydrogens is 661 g/mol. The van der Waals surface area contributed by atoms with Crippen molar-refractivity contribution >= 4 is 29.8 Å². The van der Waals surface area contributed by atoms with Crippen molar-refractivity contribution < 1.29 is 37.0 Å². The summed E-state index contributed by atoms with van der Waals surface area (Å²) in [5, 5.41) is 0.264. The maximum Gasteiger partial charge on any atom is 0.416 e. The van der Waals surface area contributed by atoms with Gasteiger partial charge in [-0.25, -0.2) is 14.8 Å². The number of aldehydes is 1. The normalized spacial score (nSPS) is 20.6. The van der Waals surface area contributed by atoms with E-state index in [1.54, 1.807) is 30.2 Å². The highest BCUT2D eigenvalue weighted by Gasteiger charge is 2.43. The van der Waals surface area contributed by atoms with Crippen molar-refractivity contribution in [2.75, 3.05) is 24.7 Å². The van der Waals surface area contributed by atoms with Gasteiger partial charge in [0.15, 0.2) is 12.1 Å². The average Bonchev–Trinajstić information content (AvgIpc) is 3.63. The van der Waals surface area contributed by atoms with E-state index in [1.165, 1.54) is 0 Å². The number of aromatic nitrogens is 2. The second-order valence-corrected chi connectivity index (χ2v) is 13.3. The first-order chi connectivity index (χ1) is 23.2. The van der Waals surface area contributed by atoms with Crippen molar-refractivity contribution in [1.82, 2.24) is 14.9 Å². The first-order valence-electron chi connectivity index (χ1n) is 16.5. The highest BCUT2D eigenvalue weighted by atomic mass is 35.5. The lowest BCUT2D eigenvalue weighted by Gasteiger charge is -2.41. The Labute approximate surface area is 289 Å². The quantitative estimate of drug-likeness (QED) is 0.180. The van der Waals surface area contributed by atoms with Crippen molar-refractivity contribution in [3.8, 4) is 0 Å². The summed E-state index contributed by atoms with van der Waals surface area (Å²) in [7, 11) is 0. The molecule has 0 unspecified atom stereocenters. The van der Waals surface area contributed by atoms with E-state index in [2.05, 4.69) is 16.8 Å². The summed E-state index contributed by atoms with van der Waals surface area (Å²) in [6.07, 6.45) is 1.77. The van der Waals surface area contributed by atoms with Crippen molar-refractivity contribution in [3.63, 3.8) is 0 Å². The molecule has 4 heterocycles. The van der Waals surface area contributed by atoms with E-state index in [4.69, 9.17) is 30.8 Å². The molecule has 2 atom stereocenters. The van der Waals surface area contributed by atoms with Gasteiger partial charge in [-0.05, 0) is 88.4 Å². The molecule has 3 aliphatic rings. The van der Waals surface area contributed by atoms with Gasteiger partial charge in [-0.2, -0.15) is 13.2 Å². The number of carbonyl (C=O) groups is 2. The van der Waals surface area contributed by atoms with Crippen molar-refractivity contribution in [1.29, 1.82) is 0 Å². The predicted molar refractivity (Wildman–Crippen MR) is 179 cm³/mol. The number of halogens is 4. The lowest BCUT2D eigenvalue weighted by atomic mass is 9.88. The topological polar surface area (TPSA) is 94.1 Å². The molecule has 1 aliphatic carbocycles. The fourth-order valence-corrected chi connectivity index (χ4v) is 7.01. The Morgan fingerprint density at radius 3 is 2.27 bits per heavy atom. The van der Waals surface area contributed by atoms with Gasteiger partial charge in [0.2, 0.25) is 0 Å². The van der Waals surface area contributed by atoms with Crippen LogP contribution in [0.1, 0.15) is 89.4 Å². The van der Waals surface area contributed by atoms with E-state index in [9.17, 15) is 22.8 Å². The Hall–Kier alpha value is -3.74. The third kappa shape index (κ3) is 8.36. The third-order valence-corrected chi connectivity index (χ3v) is 9.60. The molecule has 0 N–H and O–H groups in total. The number of benzene rings is 1. The summed E-state index contributed by atoms with van der Waals surface area (Å²) in [6, 6.07) is 7.35. The zero-order valence-electron chi connectivity index (χ0n) is 28.3. The van der Waals surface area contributed by atoms with Crippen molar-refractivity contribution in [2.24, 2.45) is 0 Å². The molecule has 13 heteroatoms. The van der Waals surface area contributed by atoms with E-state index in [0.29, 0.717) is 36.2 Å². The van der Waals surface area contributed by atoms with Gasteiger partial charge < -0.3 is 19.1 Å². The van der Waals surface area contributed by atoms with Crippen LogP contribution in [0.4, 0.5) is 23.8 Å². The number of pyridine rings is 2. The third-order valence-electron chi connectivity index (χ3n) is 9.28.